The number of pyridine rings is 1. The number of hydrogen-bond acceptors (Lipinski definition) is 5. The quantitative estimate of drug-likeness (QED) is 0.550. The van der Waals surface area contributed by atoms with E-state index >= 15 is 0 Å². The summed E-state index contributed by atoms with van der Waals surface area (Å²) < 4.78 is 5.20. The van der Waals surface area contributed by atoms with Gasteiger partial charge in [-0.3, -0.25) is 9.78 Å². The van der Waals surface area contributed by atoms with E-state index in [-0.39, 0.29) is 23.9 Å². The fraction of sp³-hybridized carbons (Fsp3) is 0.417. The summed E-state index contributed by atoms with van der Waals surface area (Å²) >= 11 is 0. The summed E-state index contributed by atoms with van der Waals surface area (Å²) in [6, 6.07) is 14.1. The first kappa shape index (κ1) is 21.7. The molecule has 158 valence electrons. The Kier molecular flexibility index (Phi) is 6.98. The SMILES string of the molecule is Cc1nc(CC(c2ccccc2)C(C(=O)N(C(C)C)C(C)C)c2cccnc2)no1. The standard InChI is InChI=1S/C24H30N4O2/c1-16(2)28(17(3)4)24(29)23(20-12-9-13-25-15-20)21(19-10-7-6-8-11-19)14-22-26-18(5)30-27-22/h6-13,15-17,21,23H,14H2,1-5H3. The van der Waals surface area contributed by atoms with Crippen molar-refractivity contribution in [2.45, 2.75) is 65.0 Å². The maximum atomic E-state index is 14.0. The molecule has 0 spiro atoms. The van der Waals surface area contributed by atoms with Gasteiger partial charge >= 0.3 is 0 Å². The van der Waals surface area contributed by atoms with E-state index in [0.717, 1.165) is 11.1 Å². The molecule has 1 amide bonds. The van der Waals surface area contributed by atoms with Gasteiger partial charge in [-0.05, 0) is 44.9 Å². The lowest BCUT2D eigenvalue weighted by molar-refractivity contribution is -0.137. The van der Waals surface area contributed by atoms with Gasteiger partial charge in [0, 0.05) is 43.7 Å². The minimum Gasteiger partial charge on any atom is -0.340 e. The van der Waals surface area contributed by atoms with Gasteiger partial charge in [-0.2, -0.15) is 4.98 Å². The second-order valence-electron chi connectivity index (χ2n) is 8.15. The van der Waals surface area contributed by atoms with Crippen molar-refractivity contribution in [3.05, 3.63) is 77.7 Å². The van der Waals surface area contributed by atoms with Gasteiger partial charge in [0.15, 0.2) is 5.82 Å². The Balaban J connectivity index is 2.12. The second kappa shape index (κ2) is 9.65. The van der Waals surface area contributed by atoms with Gasteiger partial charge in [-0.15, -0.1) is 0 Å². The van der Waals surface area contributed by atoms with Crippen molar-refractivity contribution >= 4 is 5.91 Å². The zero-order valence-corrected chi connectivity index (χ0v) is 18.3. The normalized spacial score (nSPS) is 13.4. The Hall–Kier alpha value is -3.02. The monoisotopic (exact) mass is 406 g/mol. The average molecular weight is 407 g/mol. The van der Waals surface area contributed by atoms with Crippen molar-refractivity contribution in [1.82, 2.24) is 20.0 Å². The maximum absolute atomic E-state index is 14.0. The molecule has 0 N–H and O–H groups in total. The number of benzene rings is 1. The topological polar surface area (TPSA) is 72.1 Å². The summed E-state index contributed by atoms with van der Waals surface area (Å²) in [6.07, 6.45) is 4.02. The third-order valence-electron chi connectivity index (χ3n) is 5.28. The van der Waals surface area contributed by atoms with E-state index in [1.165, 1.54) is 0 Å². The van der Waals surface area contributed by atoms with Crippen LogP contribution in [0.5, 0.6) is 0 Å². The molecule has 2 unspecified atom stereocenters. The predicted molar refractivity (Wildman–Crippen MR) is 116 cm³/mol. The maximum Gasteiger partial charge on any atom is 0.231 e. The lowest BCUT2D eigenvalue weighted by Gasteiger charge is -2.37. The number of aryl methyl sites for hydroxylation is 1. The van der Waals surface area contributed by atoms with Gasteiger partial charge in [0.2, 0.25) is 11.8 Å². The minimum absolute atomic E-state index is 0.0838. The van der Waals surface area contributed by atoms with Crippen LogP contribution in [0.4, 0.5) is 0 Å². The van der Waals surface area contributed by atoms with Crippen LogP contribution in [0.15, 0.2) is 59.4 Å². The molecule has 0 aliphatic heterocycles. The first-order chi connectivity index (χ1) is 14.4. The summed E-state index contributed by atoms with van der Waals surface area (Å²) in [5, 5.41) is 4.10. The lowest BCUT2D eigenvalue weighted by atomic mass is 9.78. The van der Waals surface area contributed by atoms with E-state index in [9.17, 15) is 4.79 Å². The van der Waals surface area contributed by atoms with E-state index in [4.69, 9.17) is 4.52 Å². The number of amides is 1. The highest BCUT2D eigenvalue weighted by atomic mass is 16.5. The van der Waals surface area contributed by atoms with Crippen LogP contribution in [-0.2, 0) is 11.2 Å². The second-order valence-corrected chi connectivity index (χ2v) is 8.15. The number of carbonyl (C=O) groups excluding carboxylic acids is 1. The van der Waals surface area contributed by atoms with Gasteiger partial charge in [-0.1, -0.05) is 41.6 Å². The average Bonchev–Trinajstić information content (AvgIpc) is 3.13. The zero-order chi connectivity index (χ0) is 21.7. The predicted octanol–water partition coefficient (Wildman–Crippen LogP) is 4.53. The Morgan fingerprint density at radius 2 is 1.67 bits per heavy atom. The molecule has 6 nitrogen and oxygen atoms in total. The third kappa shape index (κ3) is 4.93. The Morgan fingerprint density at radius 3 is 2.20 bits per heavy atom. The van der Waals surface area contributed by atoms with E-state index in [2.05, 4.69) is 55.0 Å². The van der Waals surface area contributed by atoms with E-state index in [1.54, 1.807) is 19.3 Å². The zero-order valence-electron chi connectivity index (χ0n) is 18.3. The third-order valence-corrected chi connectivity index (χ3v) is 5.28. The molecule has 3 rings (SSSR count). The highest BCUT2D eigenvalue weighted by Gasteiger charge is 2.37. The van der Waals surface area contributed by atoms with Crippen molar-refractivity contribution in [2.75, 3.05) is 0 Å². The van der Waals surface area contributed by atoms with Crippen LogP contribution in [0, 0.1) is 6.92 Å². The summed E-state index contributed by atoms with van der Waals surface area (Å²) in [5.74, 6) is 0.641. The molecular formula is C24H30N4O2. The number of nitrogens with zero attached hydrogens (tertiary/aromatic N) is 4. The van der Waals surface area contributed by atoms with Crippen LogP contribution < -0.4 is 0 Å². The van der Waals surface area contributed by atoms with Crippen molar-refractivity contribution in [3.8, 4) is 0 Å². The highest BCUT2D eigenvalue weighted by molar-refractivity contribution is 5.85. The molecule has 0 radical (unpaired) electrons. The lowest BCUT2D eigenvalue weighted by Crippen LogP contribution is -2.46. The summed E-state index contributed by atoms with van der Waals surface area (Å²) in [6.45, 7) is 9.99. The molecule has 2 atom stereocenters. The Morgan fingerprint density at radius 1 is 1.00 bits per heavy atom. The molecule has 0 fully saturated rings. The van der Waals surface area contributed by atoms with Crippen LogP contribution in [0.1, 0.15) is 62.4 Å². The van der Waals surface area contributed by atoms with Crippen LogP contribution in [-0.4, -0.2) is 38.0 Å². The van der Waals surface area contributed by atoms with Gasteiger partial charge in [-0.25, -0.2) is 0 Å². The number of carbonyl (C=O) groups is 1. The van der Waals surface area contributed by atoms with Crippen molar-refractivity contribution in [3.63, 3.8) is 0 Å². The molecule has 3 aromatic rings. The molecule has 30 heavy (non-hydrogen) atoms. The Bertz CT molecular complexity index is 930. The Labute approximate surface area is 178 Å². The van der Waals surface area contributed by atoms with Crippen molar-refractivity contribution in [1.29, 1.82) is 0 Å². The summed E-state index contributed by atoms with van der Waals surface area (Å²) in [4.78, 5) is 24.6. The van der Waals surface area contributed by atoms with E-state index in [0.29, 0.717) is 18.1 Å². The van der Waals surface area contributed by atoms with Crippen LogP contribution in [0.3, 0.4) is 0 Å². The molecule has 0 aliphatic rings. The molecule has 0 saturated heterocycles. The van der Waals surface area contributed by atoms with Gasteiger partial charge in [0.05, 0.1) is 5.92 Å². The minimum atomic E-state index is -0.412. The fourth-order valence-corrected chi connectivity index (χ4v) is 4.12. The molecule has 2 heterocycles. The van der Waals surface area contributed by atoms with Crippen molar-refractivity contribution in [2.24, 2.45) is 0 Å². The van der Waals surface area contributed by atoms with Gasteiger partial charge < -0.3 is 9.42 Å². The highest BCUT2D eigenvalue weighted by Crippen LogP contribution is 2.37. The van der Waals surface area contributed by atoms with E-state index < -0.39 is 5.92 Å². The first-order valence-corrected chi connectivity index (χ1v) is 10.4. The molecule has 6 heteroatoms. The number of rotatable bonds is 8. The number of hydrogen-bond donors (Lipinski definition) is 0. The van der Waals surface area contributed by atoms with Crippen LogP contribution in [0.25, 0.3) is 0 Å². The molecular weight excluding hydrogens is 376 g/mol. The summed E-state index contributed by atoms with van der Waals surface area (Å²) in [7, 11) is 0. The van der Waals surface area contributed by atoms with E-state index in [1.807, 2.05) is 35.2 Å². The molecule has 0 saturated carbocycles. The molecule has 1 aromatic carbocycles. The number of aromatic nitrogens is 3. The van der Waals surface area contributed by atoms with Crippen LogP contribution in [0.2, 0.25) is 0 Å². The molecule has 2 aromatic heterocycles. The summed E-state index contributed by atoms with van der Waals surface area (Å²) in [5.41, 5.74) is 1.96. The smallest absolute Gasteiger partial charge is 0.231 e. The van der Waals surface area contributed by atoms with Crippen molar-refractivity contribution < 1.29 is 9.32 Å². The molecule has 0 bridgehead atoms. The largest absolute Gasteiger partial charge is 0.340 e. The van der Waals surface area contributed by atoms with Gasteiger partial charge in [0.1, 0.15) is 0 Å². The van der Waals surface area contributed by atoms with Crippen LogP contribution >= 0.6 is 0 Å². The molecule has 0 aliphatic carbocycles. The fourth-order valence-electron chi connectivity index (χ4n) is 4.12. The van der Waals surface area contributed by atoms with Gasteiger partial charge in [0.25, 0.3) is 0 Å². The first-order valence-electron chi connectivity index (χ1n) is 10.4.